The first-order valence-electron chi connectivity index (χ1n) is 12.9. The van der Waals surface area contributed by atoms with Crippen LogP contribution in [0, 0.1) is 13.8 Å². The van der Waals surface area contributed by atoms with E-state index in [1.54, 1.807) is 36.4 Å². The molecule has 1 N–H and O–H groups in total. The topological polar surface area (TPSA) is 111 Å². The Morgan fingerprint density at radius 2 is 1.65 bits per heavy atom. The number of benzene rings is 3. The summed E-state index contributed by atoms with van der Waals surface area (Å²) in [6, 6.07) is 17.7. The fraction of sp³-hybridized carbons (Fsp3) is 0.200. The number of anilines is 1. The quantitative estimate of drug-likeness (QED) is 0.164. The van der Waals surface area contributed by atoms with Crippen LogP contribution in [0.25, 0.3) is 5.69 Å². The maximum Gasteiger partial charge on any atom is 0.264 e. The van der Waals surface area contributed by atoms with Crippen LogP contribution >= 0.6 is 23.2 Å². The number of hydrogen-bond acceptors (Lipinski definition) is 7. The van der Waals surface area contributed by atoms with Crippen LogP contribution in [0.15, 0.2) is 76.7 Å². The number of aryl methyl sites for hydroxylation is 1. The average molecular weight is 646 g/mol. The van der Waals surface area contributed by atoms with Crippen molar-refractivity contribution in [2.75, 3.05) is 32.2 Å². The molecule has 1 amide bonds. The minimum Gasteiger partial charge on any atom is -0.497 e. The summed E-state index contributed by atoms with van der Waals surface area (Å²) in [5.74, 6) is 0.450. The molecule has 226 valence electrons. The van der Waals surface area contributed by atoms with Gasteiger partial charge in [0.25, 0.3) is 15.9 Å². The van der Waals surface area contributed by atoms with Gasteiger partial charge in [0.15, 0.2) is 11.5 Å². The van der Waals surface area contributed by atoms with Crippen molar-refractivity contribution in [2.24, 2.45) is 5.10 Å². The summed E-state index contributed by atoms with van der Waals surface area (Å²) in [5, 5.41) is 4.94. The second-order valence-electron chi connectivity index (χ2n) is 9.25. The van der Waals surface area contributed by atoms with Crippen LogP contribution in [-0.2, 0) is 14.8 Å². The van der Waals surface area contributed by atoms with Crippen LogP contribution < -0.4 is 23.9 Å². The SMILES string of the molecule is COc1ccc(N(CC(=O)N/N=C/c2cc(C)n(-c3cccc(Cl)c3Cl)c2C)S(=O)(=O)c2ccc(OC)c(OC)c2)cc1. The predicted octanol–water partition coefficient (Wildman–Crippen LogP) is 5.77. The van der Waals surface area contributed by atoms with Crippen molar-refractivity contribution >= 4 is 51.0 Å². The standard InChI is InChI=1S/C30H30Cl2N4O6S/c1-19-15-21(20(2)36(19)26-8-6-7-25(31)30(26)32)17-33-34-29(37)18-35(22-9-11-23(40-3)12-10-22)43(38,39)24-13-14-27(41-4)28(16-24)42-5/h6-17H,18H2,1-5H3,(H,34,37)/b33-17+. The van der Waals surface area contributed by atoms with E-state index in [0.29, 0.717) is 27.2 Å². The third kappa shape index (κ3) is 6.74. The van der Waals surface area contributed by atoms with Crippen molar-refractivity contribution in [3.63, 3.8) is 0 Å². The lowest BCUT2D eigenvalue weighted by Gasteiger charge is -2.24. The Kier molecular flexibility index (Phi) is 9.90. The molecular weight excluding hydrogens is 615 g/mol. The van der Waals surface area contributed by atoms with Gasteiger partial charge in [0.2, 0.25) is 0 Å². The first kappa shape index (κ1) is 31.7. The van der Waals surface area contributed by atoms with Crippen molar-refractivity contribution < 1.29 is 27.4 Å². The van der Waals surface area contributed by atoms with Crippen molar-refractivity contribution in [1.29, 1.82) is 0 Å². The molecule has 4 aromatic rings. The summed E-state index contributed by atoms with van der Waals surface area (Å²) in [6.45, 7) is 3.23. The van der Waals surface area contributed by atoms with E-state index in [-0.39, 0.29) is 16.3 Å². The van der Waals surface area contributed by atoms with Crippen molar-refractivity contribution in [2.45, 2.75) is 18.7 Å². The molecule has 0 atom stereocenters. The minimum atomic E-state index is -4.23. The van der Waals surface area contributed by atoms with Crippen LogP contribution in [0.4, 0.5) is 5.69 Å². The van der Waals surface area contributed by atoms with Gasteiger partial charge < -0.3 is 18.8 Å². The predicted molar refractivity (Wildman–Crippen MR) is 168 cm³/mol. The number of rotatable bonds is 11. The number of methoxy groups -OCH3 is 3. The molecule has 0 aliphatic carbocycles. The second-order valence-corrected chi connectivity index (χ2v) is 11.9. The number of nitrogens with one attached hydrogen (secondary N) is 1. The number of ether oxygens (including phenoxy) is 3. The fourth-order valence-corrected chi connectivity index (χ4v) is 6.28. The Bertz CT molecular complexity index is 1770. The highest BCUT2D eigenvalue weighted by Crippen LogP contribution is 2.33. The summed E-state index contributed by atoms with van der Waals surface area (Å²) in [7, 11) is 0.120. The highest BCUT2D eigenvalue weighted by atomic mass is 35.5. The summed E-state index contributed by atoms with van der Waals surface area (Å²) in [5.41, 5.74) is 5.80. The number of carbonyl (C=O) groups is 1. The van der Waals surface area contributed by atoms with Crippen LogP contribution in [0.2, 0.25) is 10.0 Å². The summed E-state index contributed by atoms with van der Waals surface area (Å²) in [6.07, 6.45) is 1.48. The van der Waals surface area contributed by atoms with Gasteiger partial charge >= 0.3 is 0 Å². The number of hydrazone groups is 1. The molecule has 0 spiro atoms. The zero-order valence-electron chi connectivity index (χ0n) is 24.1. The normalized spacial score (nSPS) is 11.4. The molecule has 13 heteroatoms. The zero-order chi connectivity index (χ0) is 31.3. The Morgan fingerprint density at radius 1 is 0.953 bits per heavy atom. The molecule has 0 aliphatic rings. The summed E-state index contributed by atoms with van der Waals surface area (Å²) < 4.78 is 46.3. The highest BCUT2D eigenvalue weighted by molar-refractivity contribution is 7.92. The fourth-order valence-electron chi connectivity index (χ4n) is 4.46. The van der Waals surface area contributed by atoms with Crippen molar-refractivity contribution in [1.82, 2.24) is 9.99 Å². The molecule has 0 unspecified atom stereocenters. The van der Waals surface area contributed by atoms with Crippen molar-refractivity contribution in [3.8, 4) is 22.9 Å². The van der Waals surface area contributed by atoms with Gasteiger partial charge in [-0.15, -0.1) is 0 Å². The van der Waals surface area contributed by atoms with Crippen LogP contribution in [-0.4, -0.2) is 53.0 Å². The number of sulfonamides is 1. The molecular formula is C30H30Cl2N4O6S. The van der Waals surface area contributed by atoms with Crippen LogP contribution in [0.3, 0.4) is 0 Å². The van der Waals surface area contributed by atoms with Gasteiger partial charge in [0.1, 0.15) is 12.3 Å². The number of aromatic nitrogens is 1. The molecule has 1 heterocycles. The molecule has 3 aromatic carbocycles. The van der Waals surface area contributed by atoms with E-state index in [2.05, 4.69) is 10.5 Å². The van der Waals surface area contributed by atoms with Gasteiger partial charge in [-0.25, -0.2) is 13.8 Å². The summed E-state index contributed by atoms with van der Waals surface area (Å²) in [4.78, 5) is 13.0. The molecule has 0 bridgehead atoms. The van der Waals surface area contributed by atoms with Gasteiger partial charge in [-0.1, -0.05) is 29.3 Å². The van der Waals surface area contributed by atoms with Gasteiger partial charge in [0, 0.05) is 23.0 Å². The lowest BCUT2D eigenvalue weighted by molar-refractivity contribution is -0.119. The number of halogens is 2. The second kappa shape index (κ2) is 13.4. The Labute approximate surface area is 260 Å². The van der Waals surface area contributed by atoms with E-state index in [9.17, 15) is 13.2 Å². The van der Waals surface area contributed by atoms with Gasteiger partial charge in [0.05, 0.1) is 53.9 Å². The van der Waals surface area contributed by atoms with E-state index >= 15 is 0 Å². The van der Waals surface area contributed by atoms with Gasteiger partial charge in [-0.2, -0.15) is 5.10 Å². The van der Waals surface area contributed by atoms with Gasteiger partial charge in [-0.3, -0.25) is 9.10 Å². The van der Waals surface area contributed by atoms with Crippen LogP contribution in [0.1, 0.15) is 17.0 Å². The molecule has 10 nitrogen and oxygen atoms in total. The number of hydrogen-bond donors (Lipinski definition) is 1. The van der Waals surface area contributed by atoms with E-state index in [4.69, 9.17) is 37.4 Å². The van der Waals surface area contributed by atoms with E-state index < -0.39 is 22.5 Å². The monoisotopic (exact) mass is 644 g/mol. The number of carbonyl (C=O) groups excluding carboxylic acids is 1. The lowest BCUT2D eigenvalue weighted by atomic mass is 10.2. The Balaban J connectivity index is 1.60. The minimum absolute atomic E-state index is 0.0932. The molecule has 0 radical (unpaired) electrons. The maximum atomic E-state index is 13.8. The Morgan fingerprint density at radius 3 is 2.30 bits per heavy atom. The van der Waals surface area contributed by atoms with Gasteiger partial charge in [-0.05, 0) is 68.4 Å². The van der Waals surface area contributed by atoms with Crippen molar-refractivity contribution in [3.05, 3.63) is 93.7 Å². The number of amides is 1. The largest absolute Gasteiger partial charge is 0.497 e. The third-order valence-electron chi connectivity index (χ3n) is 6.63. The zero-order valence-corrected chi connectivity index (χ0v) is 26.4. The number of nitrogens with zero attached hydrogens (tertiary/aromatic N) is 3. The third-order valence-corrected chi connectivity index (χ3v) is 9.20. The smallest absolute Gasteiger partial charge is 0.264 e. The maximum absolute atomic E-state index is 13.8. The average Bonchev–Trinajstić information content (AvgIpc) is 3.28. The molecule has 43 heavy (non-hydrogen) atoms. The summed E-state index contributed by atoms with van der Waals surface area (Å²) >= 11 is 12.6. The molecule has 0 saturated carbocycles. The highest BCUT2D eigenvalue weighted by Gasteiger charge is 2.28. The molecule has 0 fully saturated rings. The lowest BCUT2D eigenvalue weighted by Crippen LogP contribution is -2.39. The molecule has 0 saturated heterocycles. The van der Waals surface area contributed by atoms with Crippen LogP contribution in [0.5, 0.6) is 17.2 Å². The van der Waals surface area contributed by atoms with E-state index in [0.717, 1.165) is 21.3 Å². The molecule has 4 rings (SSSR count). The molecule has 0 aliphatic heterocycles. The first-order chi connectivity index (χ1) is 20.5. The first-order valence-corrected chi connectivity index (χ1v) is 15.1. The Hall–Kier alpha value is -4.19. The molecule has 1 aromatic heterocycles. The van der Waals surface area contributed by atoms with E-state index in [1.165, 1.54) is 45.7 Å². The van der Waals surface area contributed by atoms with E-state index in [1.807, 2.05) is 30.5 Å².